The Hall–Kier alpha value is -0.840. The SMILES string of the molecule is Cc1ccc(C(CN)N2CCCN(C)CC2C)o1. The predicted octanol–water partition coefficient (Wildman–Crippen LogP) is 1.61. The second-order valence-electron chi connectivity index (χ2n) is 5.40. The zero-order valence-corrected chi connectivity index (χ0v) is 11.7. The van der Waals surface area contributed by atoms with Crippen molar-refractivity contribution in [1.82, 2.24) is 9.80 Å². The van der Waals surface area contributed by atoms with Gasteiger partial charge in [-0.15, -0.1) is 0 Å². The van der Waals surface area contributed by atoms with Crippen LogP contribution in [-0.4, -0.2) is 49.1 Å². The molecule has 1 fully saturated rings. The number of hydrogen-bond donors (Lipinski definition) is 1. The molecule has 18 heavy (non-hydrogen) atoms. The molecule has 0 spiro atoms. The Bertz CT molecular complexity index is 377. The van der Waals surface area contributed by atoms with Gasteiger partial charge in [0.1, 0.15) is 11.5 Å². The quantitative estimate of drug-likeness (QED) is 0.886. The molecule has 1 aromatic heterocycles. The van der Waals surface area contributed by atoms with Gasteiger partial charge in [0.2, 0.25) is 0 Å². The minimum absolute atomic E-state index is 0.209. The van der Waals surface area contributed by atoms with Crippen molar-refractivity contribution < 1.29 is 4.42 Å². The molecule has 0 aromatic carbocycles. The van der Waals surface area contributed by atoms with Crippen molar-refractivity contribution in [2.24, 2.45) is 5.73 Å². The van der Waals surface area contributed by atoms with Crippen LogP contribution in [0.2, 0.25) is 0 Å². The summed E-state index contributed by atoms with van der Waals surface area (Å²) >= 11 is 0. The van der Waals surface area contributed by atoms with Crippen molar-refractivity contribution in [3.63, 3.8) is 0 Å². The Morgan fingerprint density at radius 2 is 2.22 bits per heavy atom. The number of nitrogens with two attached hydrogens (primary N) is 1. The standard InChI is InChI=1S/C14H25N3O/c1-11-10-16(3)7-4-8-17(11)13(9-15)14-6-5-12(2)18-14/h5-6,11,13H,4,7-10,15H2,1-3H3. The largest absolute Gasteiger partial charge is 0.465 e. The zero-order chi connectivity index (χ0) is 13.1. The highest BCUT2D eigenvalue weighted by Gasteiger charge is 2.28. The molecule has 0 amide bonds. The van der Waals surface area contributed by atoms with Crippen LogP contribution < -0.4 is 5.73 Å². The lowest BCUT2D eigenvalue weighted by atomic mass is 10.1. The molecule has 1 aliphatic rings. The molecule has 2 N–H and O–H groups in total. The fraction of sp³-hybridized carbons (Fsp3) is 0.714. The molecule has 0 saturated carbocycles. The van der Waals surface area contributed by atoms with Crippen molar-refractivity contribution in [3.05, 3.63) is 23.7 Å². The Morgan fingerprint density at radius 1 is 1.44 bits per heavy atom. The van der Waals surface area contributed by atoms with Gasteiger partial charge >= 0.3 is 0 Å². The van der Waals surface area contributed by atoms with Crippen molar-refractivity contribution in [2.75, 3.05) is 33.2 Å². The molecule has 1 aliphatic heterocycles. The van der Waals surface area contributed by atoms with Gasteiger partial charge in [-0.25, -0.2) is 0 Å². The summed E-state index contributed by atoms with van der Waals surface area (Å²) < 4.78 is 5.77. The van der Waals surface area contributed by atoms with E-state index in [0.29, 0.717) is 12.6 Å². The first kappa shape index (κ1) is 13.6. The average molecular weight is 251 g/mol. The van der Waals surface area contributed by atoms with Gasteiger partial charge in [-0.2, -0.15) is 0 Å². The van der Waals surface area contributed by atoms with Gasteiger partial charge in [-0.3, -0.25) is 4.90 Å². The lowest BCUT2D eigenvalue weighted by Gasteiger charge is -2.33. The molecular weight excluding hydrogens is 226 g/mol. The van der Waals surface area contributed by atoms with Crippen LogP contribution in [0.4, 0.5) is 0 Å². The third kappa shape index (κ3) is 2.94. The second kappa shape index (κ2) is 5.87. The summed E-state index contributed by atoms with van der Waals surface area (Å²) in [5, 5.41) is 0. The maximum atomic E-state index is 5.98. The van der Waals surface area contributed by atoms with Crippen LogP contribution in [0.5, 0.6) is 0 Å². The number of furan rings is 1. The predicted molar refractivity (Wildman–Crippen MR) is 73.5 cm³/mol. The summed E-state index contributed by atoms with van der Waals surface area (Å²) in [5.41, 5.74) is 5.98. The number of aryl methyl sites for hydroxylation is 1. The molecule has 1 aromatic rings. The summed E-state index contributed by atoms with van der Waals surface area (Å²) in [6, 6.07) is 4.80. The third-order valence-electron chi connectivity index (χ3n) is 3.81. The van der Waals surface area contributed by atoms with E-state index in [-0.39, 0.29) is 6.04 Å². The zero-order valence-electron chi connectivity index (χ0n) is 11.7. The first-order valence-corrected chi connectivity index (χ1v) is 6.82. The van der Waals surface area contributed by atoms with Crippen LogP contribution in [0, 0.1) is 6.92 Å². The van der Waals surface area contributed by atoms with Gasteiger partial charge in [0.25, 0.3) is 0 Å². The minimum Gasteiger partial charge on any atom is -0.465 e. The number of hydrogen-bond acceptors (Lipinski definition) is 4. The molecule has 0 bridgehead atoms. The van der Waals surface area contributed by atoms with Crippen LogP contribution in [0.25, 0.3) is 0 Å². The van der Waals surface area contributed by atoms with E-state index in [0.717, 1.165) is 31.2 Å². The number of nitrogens with zero attached hydrogens (tertiary/aromatic N) is 2. The summed E-state index contributed by atoms with van der Waals surface area (Å²) in [6.07, 6.45) is 1.19. The topological polar surface area (TPSA) is 45.6 Å². The lowest BCUT2D eigenvalue weighted by Crippen LogP contribution is -2.42. The van der Waals surface area contributed by atoms with E-state index in [1.54, 1.807) is 0 Å². The Labute approximate surface area is 110 Å². The summed E-state index contributed by atoms with van der Waals surface area (Å²) in [4.78, 5) is 4.88. The summed E-state index contributed by atoms with van der Waals surface area (Å²) in [5.74, 6) is 1.97. The van der Waals surface area contributed by atoms with Crippen LogP contribution in [0.3, 0.4) is 0 Å². The van der Waals surface area contributed by atoms with Crippen LogP contribution in [-0.2, 0) is 0 Å². The fourth-order valence-corrected chi connectivity index (χ4v) is 2.90. The molecule has 0 aliphatic carbocycles. The summed E-state index contributed by atoms with van der Waals surface area (Å²) in [7, 11) is 2.19. The molecular formula is C14H25N3O. The highest BCUT2D eigenvalue weighted by Crippen LogP contribution is 2.25. The molecule has 2 rings (SSSR count). The first-order chi connectivity index (χ1) is 8.61. The Balaban J connectivity index is 2.15. The van der Waals surface area contributed by atoms with E-state index in [4.69, 9.17) is 10.2 Å². The van der Waals surface area contributed by atoms with Gasteiger partial charge in [0, 0.05) is 25.7 Å². The molecule has 4 nitrogen and oxygen atoms in total. The maximum Gasteiger partial charge on any atom is 0.122 e. The molecule has 0 radical (unpaired) electrons. The summed E-state index contributed by atoms with van der Waals surface area (Å²) in [6.45, 7) is 8.22. The normalized spacial score (nSPS) is 25.0. The van der Waals surface area contributed by atoms with E-state index in [9.17, 15) is 0 Å². The van der Waals surface area contributed by atoms with E-state index in [2.05, 4.69) is 29.8 Å². The lowest BCUT2D eigenvalue weighted by molar-refractivity contribution is 0.130. The molecule has 2 atom stereocenters. The highest BCUT2D eigenvalue weighted by atomic mass is 16.3. The number of rotatable bonds is 3. The molecule has 102 valence electrons. The van der Waals surface area contributed by atoms with Crippen molar-refractivity contribution in [1.29, 1.82) is 0 Å². The Morgan fingerprint density at radius 3 is 2.83 bits per heavy atom. The Kier molecular flexibility index (Phi) is 4.43. The van der Waals surface area contributed by atoms with Gasteiger partial charge < -0.3 is 15.1 Å². The second-order valence-corrected chi connectivity index (χ2v) is 5.40. The van der Waals surface area contributed by atoms with Crippen LogP contribution >= 0.6 is 0 Å². The first-order valence-electron chi connectivity index (χ1n) is 6.82. The fourth-order valence-electron chi connectivity index (χ4n) is 2.90. The van der Waals surface area contributed by atoms with E-state index in [1.807, 2.05) is 13.0 Å². The molecule has 1 saturated heterocycles. The average Bonchev–Trinajstić information content (AvgIpc) is 2.67. The number of likely N-dealkylation sites (N-methyl/N-ethyl adjacent to an activating group) is 1. The van der Waals surface area contributed by atoms with Gasteiger partial charge in [0.05, 0.1) is 6.04 Å². The minimum atomic E-state index is 0.209. The van der Waals surface area contributed by atoms with E-state index >= 15 is 0 Å². The van der Waals surface area contributed by atoms with Crippen molar-refractivity contribution >= 4 is 0 Å². The monoisotopic (exact) mass is 251 g/mol. The molecule has 2 unspecified atom stereocenters. The highest BCUT2D eigenvalue weighted by molar-refractivity contribution is 5.11. The smallest absolute Gasteiger partial charge is 0.122 e. The van der Waals surface area contributed by atoms with Crippen LogP contribution in [0.1, 0.15) is 30.9 Å². The molecule has 4 heteroatoms. The third-order valence-corrected chi connectivity index (χ3v) is 3.81. The van der Waals surface area contributed by atoms with E-state index < -0.39 is 0 Å². The van der Waals surface area contributed by atoms with Gasteiger partial charge in [0.15, 0.2) is 0 Å². The van der Waals surface area contributed by atoms with Gasteiger partial charge in [-0.1, -0.05) is 0 Å². The maximum absolute atomic E-state index is 5.98. The molecule has 2 heterocycles. The van der Waals surface area contributed by atoms with Crippen LogP contribution in [0.15, 0.2) is 16.5 Å². The van der Waals surface area contributed by atoms with E-state index in [1.165, 1.54) is 6.42 Å². The van der Waals surface area contributed by atoms with Crippen molar-refractivity contribution in [2.45, 2.75) is 32.4 Å². The van der Waals surface area contributed by atoms with Crippen molar-refractivity contribution in [3.8, 4) is 0 Å². The van der Waals surface area contributed by atoms with Gasteiger partial charge in [-0.05, 0) is 46.0 Å².